The predicted molar refractivity (Wildman–Crippen MR) is 64.4 cm³/mol. The standard InChI is InChI=1S/C12H14F2N2O3/c1-2-16-11(17)3-4-19-12(18)7-5-8(13)9(14)6-10(7)15/h5-6H,2-4,15H2,1H3,(H,16,17). The molecule has 1 aromatic rings. The van der Waals surface area contributed by atoms with E-state index in [1.807, 2.05) is 0 Å². The molecule has 5 nitrogen and oxygen atoms in total. The van der Waals surface area contributed by atoms with Gasteiger partial charge in [-0.1, -0.05) is 0 Å². The zero-order valence-corrected chi connectivity index (χ0v) is 10.3. The molecule has 0 aliphatic rings. The summed E-state index contributed by atoms with van der Waals surface area (Å²) in [5.74, 6) is -3.50. The number of hydrogen-bond donors (Lipinski definition) is 2. The molecule has 0 fully saturated rings. The lowest BCUT2D eigenvalue weighted by molar-refractivity contribution is -0.121. The zero-order valence-electron chi connectivity index (χ0n) is 10.3. The summed E-state index contributed by atoms with van der Waals surface area (Å²) in [6, 6.07) is 1.37. The number of halogens is 2. The smallest absolute Gasteiger partial charge is 0.340 e. The minimum Gasteiger partial charge on any atom is -0.461 e. The fraction of sp³-hybridized carbons (Fsp3) is 0.333. The van der Waals surface area contributed by atoms with Gasteiger partial charge in [0.05, 0.1) is 12.0 Å². The second kappa shape index (κ2) is 6.67. The van der Waals surface area contributed by atoms with Crippen LogP contribution in [0.15, 0.2) is 12.1 Å². The van der Waals surface area contributed by atoms with Gasteiger partial charge >= 0.3 is 5.97 Å². The Labute approximate surface area is 108 Å². The summed E-state index contributed by atoms with van der Waals surface area (Å²) in [6.07, 6.45) is -0.0108. The maximum Gasteiger partial charge on any atom is 0.340 e. The van der Waals surface area contributed by atoms with Crippen molar-refractivity contribution < 1.29 is 23.1 Å². The number of benzene rings is 1. The summed E-state index contributed by atoms with van der Waals surface area (Å²) in [7, 11) is 0. The first-order valence-electron chi connectivity index (χ1n) is 5.64. The maximum atomic E-state index is 13.0. The van der Waals surface area contributed by atoms with Crippen molar-refractivity contribution in [3.8, 4) is 0 Å². The number of rotatable bonds is 5. The van der Waals surface area contributed by atoms with Crippen LogP contribution >= 0.6 is 0 Å². The summed E-state index contributed by atoms with van der Waals surface area (Å²) in [5.41, 5.74) is 4.89. The van der Waals surface area contributed by atoms with Crippen molar-refractivity contribution in [3.05, 3.63) is 29.3 Å². The number of hydrogen-bond acceptors (Lipinski definition) is 4. The van der Waals surface area contributed by atoms with E-state index in [2.05, 4.69) is 5.32 Å². The van der Waals surface area contributed by atoms with Crippen LogP contribution in [0.5, 0.6) is 0 Å². The summed E-state index contributed by atoms with van der Waals surface area (Å²) in [5, 5.41) is 2.52. The molecule has 1 aromatic carbocycles. The van der Waals surface area contributed by atoms with Gasteiger partial charge in [-0.3, -0.25) is 4.79 Å². The molecule has 0 unspecified atom stereocenters. The van der Waals surface area contributed by atoms with Crippen molar-refractivity contribution >= 4 is 17.6 Å². The Balaban J connectivity index is 2.59. The van der Waals surface area contributed by atoms with Crippen LogP contribution in [-0.4, -0.2) is 25.0 Å². The van der Waals surface area contributed by atoms with Crippen molar-refractivity contribution in [1.29, 1.82) is 0 Å². The molecule has 0 radical (unpaired) electrons. The third kappa shape index (κ3) is 4.20. The first kappa shape index (κ1) is 14.9. The Morgan fingerprint density at radius 3 is 2.58 bits per heavy atom. The van der Waals surface area contributed by atoms with Gasteiger partial charge in [0.15, 0.2) is 11.6 Å². The molecule has 0 saturated heterocycles. The van der Waals surface area contributed by atoms with E-state index in [-0.39, 0.29) is 30.2 Å². The SMILES string of the molecule is CCNC(=O)CCOC(=O)c1cc(F)c(F)cc1N. The largest absolute Gasteiger partial charge is 0.461 e. The normalized spacial score (nSPS) is 10.1. The number of amides is 1. The third-order valence-electron chi connectivity index (χ3n) is 2.25. The van der Waals surface area contributed by atoms with Gasteiger partial charge in [0.2, 0.25) is 5.91 Å². The molecule has 0 bridgehead atoms. The topological polar surface area (TPSA) is 81.4 Å². The van der Waals surface area contributed by atoms with E-state index < -0.39 is 17.6 Å². The van der Waals surface area contributed by atoms with Gasteiger partial charge in [-0.05, 0) is 13.0 Å². The molecule has 0 saturated carbocycles. The number of esters is 1. The minimum absolute atomic E-state index is 0.0108. The number of anilines is 1. The van der Waals surface area contributed by atoms with Crippen molar-refractivity contribution in [3.63, 3.8) is 0 Å². The first-order valence-corrected chi connectivity index (χ1v) is 5.64. The molecule has 1 rings (SSSR count). The van der Waals surface area contributed by atoms with Gasteiger partial charge < -0.3 is 15.8 Å². The number of nitrogen functional groups attached to an aromatic ring is 1. The second-order valence-electron chi connectivity index (χ2n) is 3.69. The molecule has 0 aromatic heterocycles. The maximum absolute atomic E-state index is 13.0. The molecule has 0 heterocycles. The lowest BCUT2D eigenvalue weighted by Crippen LogP contribution is -2.24. The highest BCUT2D eigenvalue weighted by molar-refractivity contribution is 5.95. The summed E-state index contributed by atoms with van der Waals surface area (Å²) >= 11 is 0. The van der Waals surface area contributed by atoms with Crippen molar-refractivity contribution in [2.45, 2.75) is 13.3 Å². The predicted octanol–water partition coefficient (Wildman–Crippen LogP) is 1.23. The Morgan fingerprint density at radius 2 is 1.95 bits per heavy atom. The highest BCUT2D eigenvalue weighted by Gasteiger charge is 2.15. The molecule has 1 amide bonds. The molecular formula is C12H14F2N2O3. The Hall–Kier alpha value is -2.18. The number of ether oxygens (including phenoxy) is 1. The van der Waals surface area contributed by atoms with Crippen LogP contribution in [0.3, 0.4) is 0 Å². The Bertz CT molecular complexity index is 492. The third-order valence-corrected chi connectivity index (χ3v) is 2.25. The van der Waals surface area contributed by atoms with Crippen LogP contribution in [0.25, 0.3) is 0 Å². The molecule has 104 valence electrons. The number of nitrogens with two attached hydrogens (primary N) is 1. The zero-order chi connectivity index (χ0) is 14.4. The molecule has 0 aliphatic carbocycles. The van der Waals surface area contributed by atoms with Gasteiger partial charge in [-0.15, -0.1) is 0 Å². The Kier molecular flexibility index (Phi) is 5.23. The van der Waals surface area contributed by atoms with Gasteiger partial charge in [-0.25, -0.2) is 13.6 Å². The van der Waals surface area contributed by atoms with Gasteiger partial charge in [-0.2, -0.15) is 0 Å². The molecule has 0 spiro atoms. The first-order chi connectivity index (χ1) is 8.95. The van der Waals surface area contributed by atoms with Crippen LogP contribution < -0.4 is 11.1 Å². The molecule has 0 atom stereocenters. The fourth-order valence-corrected chi connectivity index (χ4v) is 1.34. The van der Waals surface area contributed by atoms with Gasteiger partial charge in [0.1, 0.15) is 6.61 Å². The van der Waals surface area contributed by atoms with E-state index in [1.165, 1.54) is 0 Å². The van der Waals surface area contributed by atoms with Crippen LogP contribution in [0.4, 0.5) is 14.5 Å². The highest BCUT2D eigenvalue weighted by atomic mass is 19.2. The van der Waals surface area contributed by atoms with Gasteiger partial charge in [0.25, 0.3) is 0 Å². The van der Waals surface area contributed by atoms with E-state index in [0.29, 0.717) is 18.7 Å². The average molecular weight is 272 g/mol. The average Bonchev–Trinajstić information content (AvgIpc) is 2.34. The number of carbonyl (C=O) groups excluding carboxylic acids is 2. The van der Waals surface area contributed by atoms with Crippen LogP contribution in [0, 0.1) is 11.6 Å². The summed E-state index contributed by atoms with van der Waals surface area (Å²) < 4.78 is 30.5. The Morgan fingerprint density at radius 1 is 1.32 bits per heavy atom. The van der Waals surface area contributed by atoms with Crippen LogP contribution in [0.1, 0.15) is 23.7 Å². The highest BCUT2D eigenvalue weighted by Crippen LogP contribution is 2.17. The molecule has 0 aliphatic heterocycles. The van der Waals surface area contributed by atoms with E-state index in [0.717, 1.165) is 0 Å². The molecule has 19 heavy (non-hydrogen) atoms. The quantitative estimate of drug-likeness (QED) is 0.624. The summed E-state index contributed by atoms with van der Waals surface area (Å²) in [6.45, 7) is 2.07. The van der Waals surface area contributed by atoms with E-state index in [1.54, 1.807) is 6.92 Å². The lowest BCUT2D eigenvalue weighted by atomic mass is 10.1. The summed E-state index contributed by atoms with van der Waals surface area (Å²) in [4.78, 5) is 22.6. The van der Waals surface area contributed by atoms with E-state index in [4.69, 9.17) is 10.5 Å². The molecule has 7 heteroatoms. The monoisotopic (exact) mass is 272 g/mol. The van der Waals surface area contributed by atoms with Crippen molar-refractivity contribution in [2.75, 3.05) is 18.9 Å². The second-order valence-corrected chi connectivity index (χ2v) is 3.69. The number of carbonyl (C=O) groups is 2. The molecule has 3 N–H and O–H groups in total. The lowest BCUT2D eigenvalue weighted by Gasteiger charge is -2.07. The minimum atomic E-state index is -1.19. The van der Waals surface area contributed by atoms with E-state index in [9.17, 15) is 18.4 Å². The van der Waals surface area contributed by atoms with Crippen LogP contribution in [-0.2, 0) is 9.53 Å². The number of nitrogens with one attached hydrogen (secondary N) is 1. The van der Waals surface area contributed by atoms with Crippen molar-refractivity contribution in [1.82, 2.24) is 5.32 Å². The van der Waals surface area contributed by atoms with Crippen molar-refractivity contribution in [2.24, 2.45) is 0 Å². The van der Waals surface area contributed by atoms with Crippen LogP contribution in [0.2, 0.25) is 0 Å². The molecular weight excluding hydrogens is 258 g/mol. The van der Waals surface area contributed by atoms with E-state index >= 15 is 0 Å². The van der Waals surface area contributed by atoms with Gasteiger partial charge in [0, 0.05) is 18.3 Å². The fourth-order valence-electron chi connectivity index (χ4n) is 1.34.